The number of carbonyl (C=O) groups is 2. The van der Waals surface area contributed by atoms with E-state index in [1.807, 2.05) is 13.8 Å². The van der Waals surface area contributed by atoms with Crippen LogP contribution in [0, 0.1) is 29.1 Å². The predicted octanol–water partition coefficient (Wildman–Crippen LogP) is 3.75. The molecule has 2 aliphatic rings. The van der Waals surface area contributed by atoms with Gasteiger partial charge in [-0.15, -0.1) is 0 Å². The summed E-state index contributed by atoms with van der Waals surface area (Å²) in [7, 11) is 0. The van der Waals surface area contributed by atoms with Crippen molar-refractivity contribution in [2.24, 2.45) is 29.1 Å². The molecule has 0 heterocycles. The highest BCUT2D eigenvalue weighted by Gasteiger charge is 2.64. The molecule has 4 atom stereocenters. The van der Waals surface area contributed by atoms with Gasteiger partial charge in [0.1, 0.15) is 0 Å². The van der Waals surface area contributed by atoms with Crippen LogP contribution < -0.4 is 0 Å². The minimum atomic E-state index is -0.388. The second-order valence-electron chi connectivity index (χ2n) is 6.76. The van der Waals surface area contributed by atoms with Gasteiger partial charge >= 0.3 is 11.9 Å². The molecular formula is C19H30O4. The molecule has 0 radical (unpaired) electrons. The fraction of sp³-hybridized carbons (Fsp3) is 0.789. The third-order valence-electron chi connectivity index (χ3n) is 5.77. The van der Waals surface area contributed by atoms with Gasteiger partial charge in [0.05, 0.1) is 25.0 Å². The monoisotopic (exact) mass is 322 g/mol. The number of hydrogen-bond acceptors (Lipinski definition) is 4. The maximum Gasteiger partial charge on any atom is 0.310 e. The fourth-order valence-corrected chi connectivity index (χ4v) is 4.62. The molecule has 23 heavy (non-hydrogen) atoms. The van der Waals surface area contributed by atoms with Gasteiger partial charge in [0.15, 0.2) is 0 Å². The second-order valence-corrected chi connectivity index (χ2v) is 6.76. The molecule has 0 aliphatic heterocycles. The van der Waals surface area contributed by atoms with Crippen LogP contribution in [-0.4, -0.2) is 25.2 Å². The Morgan fingerprint density at radius 2 is 1.22 bits per heavy atom. The molecule has 130 valence electrons. The average Bonchev–Trinajstić information content (AvgIpc) is 3.07. The number of carbonyl (C=O) groups excluding carboxylic acids is 2. The van der Waals surface area contributed by atoms with Gasteiger partial charge in [0.25, 0.3) is 0 Å². The van der Waals surface area contributed by atoms with Crippen LogP contribution in [-0.2, 0) is 19.1 Å². The lowest BCUT2D eigenvalue weighted by Gasteiger charge is -2.33. The largest absolute Gasteiger partial charge is 0.465 e. The molecule has 4 unspecified atom stereocenters. The van der Waals surface area contributed by atoms with Gasteiger partial charge < -0.3 is 9.47 Å². The van der Waals surface area contributed by atoms with E-state index in [-0.39, 0.29) is 41.0 Å². The van der Waals surface area contributed by atoms with Crippen LogP contribution in [0.4, 0.5) is 0 Å². The van der Waals surface area contributed by atoms with Crippen molar-refractivity contribution in [1.29, 1.82) is 0 Å². The van der Waals surface area contributed by atoms with Crippen molar-refractivity contribution in [1.82, 2.24) is 0 Å². The standard InChI is InChI=1S/C19H30O4/c1-5-11-22-17(20)15-13-9-10-14(19(13,7-3)8-4)16(15)18(21)23-12-6-2/h9-10,13-16H,5-8,11-12H2,1-4H3. The number of hydrogen-bond donors (Lipinski definition) is 0. The van der Waals surface area contributed by atoms with Crippen molar-refractivity contribution < 1.29 is 19.1 Å². The Labute approximate surface area is 139 Å². The van der Waals surface area contributed by atoms with Crippen molar-refractivity contribution in [2.75, 3.05) is 13.2 Å². The number of esters is 2. The highest BCUT2D eigenvalue weighted by Crippen LogP contribution is 2.63. The van der Waals surface area contributed by atoms with Crippen LogP contribution in [0.1, 0.15) is 53.4 Å². The van der Waals surface area contributed by atoms with Gasteiger partial charge in [0, 0.05) is 0 Å². The van der Waals surface area contributed by atoms with Crippen molar-refractivity contribution in [3.05, 3.63) is 12.2 Å². The lowest BCUT2D eigenvalue weighted by Crippen LogP contribution is -2.35. The quantitative estimate of drug-likeness (QED) is 0.504. The molecule has 1 saturated carbocycles. The first-order chi connectivity index (χ1) is 11.1. The lowest BCUT2D eigenvalue weighted by atomic mass is 9.71. The zero-order valence-corrected chi connectivity index (χ0v) is 14.8. The number of allylic oxidation sites excluding steroid dienone is 2. The Morgan fingerprint density at radius 3 is 1.52 bits per heavy atom. The van der Waals surface area contributed by atoms with E-state index in [9.17, 15) is 9.59 Å². The van der Waals surface area contributed by atoms with Gasteiger partial charge in [0.2, 0.25) is 0 Å². The molecule has 2 aliphatic carbocycles. The summed E-state index contributed by atoms with van der Waals surface area (Å²) in [5.74, 6) is -1.06. The Bertz CT molecular complexity index is 426. The minimum absolute atomic E-state index is 0.00813. The van der Waals surface area contributed by atoms with Crippen molar-refractivity contribution >= 4 is 11.9 Å². The van der Waals surface area contributed by atoms with Gasteiger partial charge in [-0.1, -0.05) is 39.8 Å². The summed E-state index contributed by atoms with van der Waals surface area (Å²) in [4.78, 5) is 25.3. The van der Waals surface area contributed by atoms with Crippen molar-refractivity contribution in [3.63, 3.8) is 0 Å². The zero-order valence-electron chi connectivity index (χ0n) is 14.8. The lowest BCUT2D eigenvalue weighted by molar-refractivity contribution is -0.161. The van der Waals surface area contributed by atoms with Crippen molar-refractivity contribution in [3.8, 4) is 0 Å². The summed E-state index contributed by atoms with van der Waals surface area (Å²) in [6.07, 6.45) is 7.78. The molecule has 0 aromatic carbocycles. The first-order valence-corrected chi connectivity index (χ1v) is 9.08. The highest BCUT2D eigenvalue weighted by molar-refractivity contribution is 5.85. The molecule has 0 aromatic heterocycles. The van der Waals surface area contributed by atoms with Gasteiger partial charge in [-0.2, -0.15) is 0 Å². The molecule has 4 nitrogen and oxygen atoms in total. The summed E-state index contributed by atoms with van der Waals surface area (Å²) in [5, 5.41) is 0. The zero-order chi connectivity index (χ0) is 17.0. The topological polar surface area (TPSA) is 52.6 Å². The Balaban J connectivity index is 2.30. The predicted molar refractivity (Wildman–Crippen MR) is 88.6 cm³/mol. The van der Waals surface area contributed by atoms with Crippen LogP contribution in [0.2, 0.25) is 0 Å². The first kappa shape index (κ1) is 18.0. The molecule has 0 saturated heterocycles. The van der Waals surface area contributed by atoms with Crippen molar-refractivity contribution in [2.45, 2.75) is 53.4 Å². The summed E-state index contributed by atoms with van der Waals surface area (Å²) in [5.41, 5.74) is -0.00813. The highest BCUT2D eigenvalue weighted by atomic mass is 16.5. The van der Waals surface area contributed by atoms with E-state index in [2.05, 4.69) is 26.0 Å². The van der Waals surface area contributed by atoms with E-state index in [1.165, 1.54) is 0 Å². The number of ether oxygens (including phenoxy) is 2. The molecule has 2 rings (SSSR count). The fourth-order valence-electron chi connectivity index (χ4n) is 4.62. The van der Waals surface area contributed by atoms with Crippen LogP contribution in [0.5, 0.6) is 0 Å². The maximum atomic E-state index is 12.6. The van der Waals surface area contributed by atoms with E-state index in [0.717, 1.165) is 25.7 Å². The molecule has 0 aromatic rings. The Morgan fingerprint density at radius 1 is 0.826 bits per heavy atom. The van der Waals surface area contributed by atoms with Crippen LogP contribution in [0.15, 0.2) is 12.2 Å². The maximum absolute atomic E-state index is 12.6. The molecular weight excluding hydrogens is 292 g/mol. The minimum Gasteiger partial charge on any atom is -0.465 e. The van der Waals surface area contributed by atoms with E-state index in [0.29, 0.717) is 13.2 Å². The van der Waals surface area contributed by atoms with E-state index < -0.39 is 0 Å². The molecule has 0 N–H and O–H groups in total. The van der Waals surface area contributed by atoms with E-state index in [1.54, 1.807) is 0 Å². The summed E-state index contributed by atoms with van der Waals surface area (Å²) < 4.78 is 10.8. The van der Waals surface area contributed by atoms with Gasteiger partial charge in [-0.25, -0.2) is 0 Å². The molecule has 4 heteroatoms. The Kier molecular flexibility index (Phi) is 5.88. The average molecular weight is 322 g/mol. The third-order valence-corrected chi connectivity index (χ3v) is 5.77. The smallest absolute Gasteiger partial charge is 0.310 e. The normalized spacial score (nSPS) is 30.4. The summed E-state index contributed by atoms with van der Waals surface area (Å²) in [6, 6.07) is 0. The first-order valence-electron chi connectivity index (χ1n) is 9.08. The van der Waals surface area contributed by atoms with E-state index >= 15 is 0 Å². The van der Waals surface area contributed by atoms with Crippen LogP contribution in [0.25, 0.3) is 0 Å². The molecule has 0 amide bonds. The summed E-state index contributed by atoms with van der Waals surface area (Å²) in [6.45, 7) is 9.10. The molecule has 0 spiro atoms. The number of rotatable bonds is 8. The van der Waals surface area contributed by atoms with E-state index in [4.69, 9.17) is 9.47 Å². The molecule has 1 fully saturated rings. The third kappa shape index (κ3) is 2.92. The van der Waals surface area contributed by atoms with Gasteiger partial charge in [-0.3, -0.25) is 9.59 Å². The summed E-state index contributed by atoms with van der Waals surface area (Å²) >= 11 is 0. The SMILES string of the molecule is CCCOC(=O)C1C(C(=O)OCCC)C2C=CC1C2(CC)CC. The van der Waals surface area contributed by atoms with Gasteiger partial charge in [-0.05, 0) is 42.9 Å². The van der Waals surface area contributed by atoms with Crippen LogP contribution >= 0.6 is 0 Å². The van der Waals surface area contributed by atoms with Crippen LogP contribution in [0.3, 0.4) is 0 Å². The molecule has 2 bridgehead atoms. The Hall–Kier alpha value is -1.32. The number of fused-ring (bicyclic) bond motifs is 2. The second kappa shape index (κ2) is 7.50.